The van der Waals surface area contributed by atoms with Gasteiger partial charge in [0.2, 0.25) is 7.14 Å². The fraction of sp³-hybridized carbons (Fsp3) is 0.0769. The Hall–Kier alpha value is -0.910. The van der Waals surface area contributed by atoms with E-state index in [9.17, 15) is 17.6 Å². The van der Waals surface area contributed by atoms with Gasteiger partial charge in [-0.15, -0.1) is 0 Å². The number of benzene rings is 2. The van der Waals surface area contributed by atoms with Gasteiger partial charge in [0.25, 0.3) is 0 Å². The first-order chi connectivity index (χ1) is 10.5. The molecule has 3 rings (SSSR count). The summed E-state index contributed by atoms with van der Waals surface area (Å²) in [5, 5.41) is 0.663. The number of rotatable bonds is 0. The van der Waals surface area contributed by atoms with Crippen LogP contribution in [0.1, 0.15) is 0 Å². The van der Waals surface area contributed by atoms with E-state index in [2.05, 4.69) is 0 Å². The highest BCUT2D eigenvalue weighted by Gasteiger charge is 2.37. The predicted molar refractivity (Wildman–Crippen MR) is 70.0 cm³/mol. The van der Waals surface area contributed by atoms with Crippen LogP contribution in [0.25, 0.3) is 11.1 Å². The molecule has 1 aliphatic heterocycles. The molecule has 0 saturated heterocycles. The number of hydrogen-bond acceptors (Lipinski definition) is 3. The lowest BCUT2D eigenvalue weighted by molar-refractivity contribution is -0.590. The summed E-state index contributed by atoms with van der Waals surface area (Å²) in [6.07, 6.45) is 0. The van der Waals surface area contributed by atoms with Gasteiger partial charge in [0.1, 0.15) is 5.82 Å². The molecule has 10 heteroatoms. The first-order valence-electron chi connectivity index (χ1n) is 5.77. The molecule has 1 heterocycles. The van der Waals surface area contributed by atoms with E-state index in [1.54, 1.807) is 6.07 Å². The van der Waals surface area contributed by atoms with Gasteiger partial charge in [-0.1, -0.05) is 23.7 Å². The molecule has 0 aliphatic carbocycles. The zero-order chi connectivity index (χ0) is 17.4. The van der Waals surface area contributed by atoms with E-state index in [1.807, 2.05) is 24.3 Å². The normalized spacial score (nSPS) is 13.0. The summed E-state index contributed by atoms with van der Waals surface area (Å²) in [4.78, 5) is 0. The number of alkyl halides is 3. The van der Waals surface area contributed by atoms with Crippen LogP contribution in [0.4, 0.5) is 17.6 Å². The predicted octanol–water partition coefficient (Wildman–Crippen LogP) is 0.639. The third-order valence-electron chi connectivity index (χ3n) is 2.66. The van der Waals surface area contributed by atoms with Gasteiger partial charge in [0.15, 0.2) is 10.1 Å². The van der Waals surface area contributed by atoms with Crippen molar-refractivity contribution in [2.75, 3.05) is 0 Å². The van der Waals surface area contributed by atoms with Crippen molar-refractivity contribution in [2.45, 2.75) is 5.51 Å². The smallest absolute Gasteiger partial charge is 0.485 e. The minimum atomic E-state index is -6.09. The lowest BCUT2D eigenvalue weighted by atomic mass is 10.1. The number of halogens is 6. The van der Waals surface area contributed by atoms with Crippen LogP contribution < -0.4 is 21.2 Å². The van der Waals surface area contributed by atoms with Gasteiger partial charge in [-0.2, -0.15) is 13.2 Å². The summed E-state index contributed by atoms with van der Waals surface area (Å²) in [6.45, 7) is 0. The first kappa shape index (κ1) is 18.4. The van der Waals surface area contributed by atoms with Crippen LogP contribution in [0.15, 0.2) is 36.4 Å². The van der Waals surface area contributed by atoms with E-state index in [-0.39, 0.29) is 27.0 Å². The fourth-order valence-electron chi connectivity index (χ4n) is 1.74. The monoisotopic (exact) mass is 480 g/mol. The van der Waals surface area contributed by atoms with Crippen LogP contribution in [-0.2, 0) is 10.1 Å². The van der Waals surface area contributed by atoms with Gasteiger partial charge >= 0.3 is 26.7 Å². The van der Waals surface area contributed by atoms with Crippen molar-refractivity contribution in [1.82, 2.24) is 0 Å². The molecule has 0 bridgehead atoms. The van der Waals surface area contributed by atoms with Crippen LogP contribution in [0.3, 0.4) is 0 Å². The Labute approximate surface area is 144 Å². The van der Waals surface area contributed by atoms with Crippen LogP contribution in [0.2, 0.25) is 5.02 Å². The second-order valence-electron chi connectivity index (χ2n) is 4.19. The van der Waals surface area contributed by atoms with E-state index in [4.69, 9.17) is 24.6 Å². The zero-order valence-electron chi connectivity index (χ0n) is 10.9. The maximum Gasteiger partial charge on any atom is 0.485 e. The number of fused-ring (bicyclic) bond motifs is 3. The van der Waals surface area contributed by atoms with E-state index >= 15 is 0 Å². The van der Waals surface area contributed by atoms with Crippen LogP contribution in [0.5, 0.6) is 0 Å². The van der Waals surface area contributed by atoms with Crippen LogP contribution in [-0.4, -0.2) is 18.5 Å². The Bertz CT molecular complexity index is 803. The van der Waals surface area contributed by atoms with Crippen molar-refractivity contribution in [3.05, 3.63) is 54.4 Å². The molecule has 0 atom stereocenters. The SMILES string of the molecule is Fc1cccc2c1-c1c(Cl)cccc1[I+]2.O=S(=O)([O-])C(F)(F)F. The Morgan fingerprint density at radius 1 is 1.00 bits per heavy atom. The molecule has 0 saturated carbocycles. The maximum atomic E-state index is 13.7. The highest BCUT2D eigenvalue weighted by atomic mass is 127. The molecule has 3 nitrogen and oxygen atoms in total. The topological polar surface area (TPSA) is 57.2 Å². The largest absolute Gasteiger partial charge is 0.741 e. The van der Waals surface area contributed by atoms with Crippen molar-refractivity contribution in [2.24, 2.45) is 0 Å². The van der Waals surface area contributed by atoms with Crippen molar-refractivity contribution >= 4 is 21.7 Å². The van der Waals surface area contributed by atoms with Crippen LogP contribution in [0, 0.1) is 13.0 Å². The fourth-order valence-corrected chi connectivity index (χ4v) is 5.20. The average Bonchev–Trinajstić information content (AvgIpc) is 2.78. The summed E-state index contributed by atoms with van der Waals surface area (Å²) in [6, 6.07) is 11.1. The third kappa shape index (κ3) is 3.95. The Morgan fingerprint density at radius 3 is 2.00 bits per heavy atom. The van der Waals surface area contributed by atoms with E-state index in [0.29, 0.717) is 5.02 Å². The zero-order valence-corrected chi connectivity index (χ0v) is 14.6. The molecule has 23 heavy (non-hydrogen) atoms. The van der Waals surface area contributed by atoms with Crippen molar-refractivity contribution in [3.63, 3.8) is 0 Å². The molecule has 0 N–H and O–H groups in total. The molecular weight excluding hydrogens is 475 g/mol. The lowest BCUT2D eigenvalue weighted by Crippen LogP contribution is -3.61. The second kappa shape index (κ2) is 6.54. The van der Waals surface area contributed by atoms with Crippen molar-refractivity contribution in [3.8, 4) is 11.1 Å². The summed E-state index contributed by atoms with van der Waals surface area (Å²) < 4.78 is 75.0. The van der Waals surface area contributed by atoms with E-state index < -0.39 is 15.6 Å². The molecule has 2 aromatic rings. The lowest BCUT2D eigenvalue weighted by Gasteiger charge is -2.08. The van der Waals surface area contributed by atoms with Gasteiger partial charge in [-0.25, -0.2) is 12.8 Å². The van der Waals surface area contributed by atoms with E-state index in [0.717, 1.165) is 14.7 Å². The van der Waals surface area contributed by atoms with Gasteiger partial charge in [-0.3, -0.25) is 0 Å². The molecule has 1 aliphatic rings. The van der Waals surface area contributed by atoms with Crippen molar-refractivity contribution < 1.29 is 51.7 Å². The van der Waals surface area contributed by atoms with Crippen molar-refractivity contribution in [1.29, 1.82) is 0 Å². The highest BCUT2D eigenvalue weighted by Crippen LogP contribution is 2.31. The molecule has 0 radical (unpaired) electrons. The molecule has 0 fully saturated rings. The Kier molecular flexibility index (Phi) is 5.24. The average molecular weight is 481 g/mol. The molecule has 0 spiro atoms. The molecule has 0 amide bonds. The summed E-state index contributed by atoms with van der Waals surface area (Å²) in [5.74, 6) is -0.154. The summed E-state index contributed by atoms with van der Waals surface area (Å²) in [5.41, 5.74) is -4.00. The highest BCUT2D eigenvalue weighted by molar-refractivity contribution is 7.86. The van der Waals surface area contributed by atoms with Gasteiger partial charge in [-0.05, 0) is 24.3 Å². The minimum Gasteiger partial charge on any atom is -0.741 e. The second-order valence-corrected chi connectivity index (χ2v) is 8.83. The molecule has 0 aromatic heterocycles. The summed E-state index contributed by atoms with van der Waals surface area (Å²) in [7, 11) is -6.09. The van der Waals surface area contributed by atoms with Gasteiger partial charge in [0, 0.05) is 0 Å². The number of hydrogen-bond donors (Lipinski definition) is 0. The standard InChI is InChI=1S/C12H6ClFI.CHF3O3S/c13-7-3-1-5-9-11(7)12-8(14)4-2-6-10(12)15-9;2-1(3,4)8(5,6)7/h1-6H;(H,5,6,7)/q+1;/p-1. The van der Waals surface area contributed by atoms with Gasteiger partial charge in [0.05, 0.1) is 16.1 Å². The van der Waals surface area contributed by atoms with E-state index in [1.165, 1.54) is 9.64 Å². The minimum absolute atomic E-state index is 0.154. The first-order valence-corrected chi connectivity index (χ1v) is 9.71. The third-order valence-corrected chi connectivity index (χ3v) is 6.50. The van der Waals surface area contributed by atoms with Gasteiger partial charge < -0.3 is 4.55 Å². The Balaban J connectivity index is 0.000000207. The molecule has 124 valence electrons. The molecule has 0 unspecified atom stereocenters. The van der Waals surface area contributed by atoms with Crippen LogP contribution >= 0.6 is 11.6 Å². The summed E-state index contributed by atoms with van der Waals surface area (Å²) >= 11 is 5.87. The molecular formula is C13H6ClF4IO3S. The molecule has 2 aromatic carbocycles. The quantitative estimate of drug-likeness (QED) is 0.205. The maximum absolute atomic E-state index is 13.7. The Morgan fingerprint density at radius 2 is 1.48 bits per heavy atom.